The Morgan fingerprint density at radius 1 is 1.19 bits per heavy atom. The molecule has 4 aromatic heterocycles. The average Bonchev–Trinajstić information content (AvgIpc) is 3.57. The monoisotopic (exact) mass is 489 g/mol. The van der Waals surface area contributed by atoms with Gasteiger partial charge in [0.15, 0.2) is 5.82 Å². The number of carbonyl (C=O) groups is 1. The van der Waals surface area contributed by atoms with Crippen LogP contribution in [0.2, 0.25) is 0 Å². The topological polar surface area (TPSA) is 135 Å². The number of hydrogen-bond donors (Lipinski definition) is 3. The number of anilines is 2. The number of nitrogens with zero attached hydrogens (tertiary/aromatic N) is 6. The van der Waals surface area contributed by atoms with Crippen molar-refractivity contribution in [1.82, 2.24) is 39.9 Å². The van der Waals surface area contributed by atoms with E-state index in [1.54, 1.807) is 35.3 Å². The molecule has 12 heteroatoms. The van der Waals surface area contributed by atoms with Crippen LogP contribution in [0.4, 0.5) is 21.0 Å². The van der Waals surface area contributed by atoms with Gasteiger partial charge >= 0.3 is 6.09 Å². The van der Waals surface area contributed by atoms with Crippen LogP contribution in [0.3, 0.4) is 0 Å². The first kappa shape index (κ1) is 21.2. The summed E-state index contributed by atoms with van der Waals surface area (Å²) in [6.07, 6.45) is 9.78. The van der Waals surface area contributed by atoms with E-state index in [1.165, 1.54) is 6.33 Å². The normalized spacial score (nSPS) is 28.4. The second-order valence-corrected chi connectivity index (χ2v) is 10.0. The van der Waals surface area contributed by atoms with Gasteiger partial charge in [-0.15, -0.1) is 0 Å². The molecule has 184 valence electrons. The number of alkyl carbamates (subject to hydrolysis) is 1. The van der Waals surface area contributed by atoms with Gasteiger partial charge in [0.2, 0.25) is 5.95 Å². The van der Waals surface area contributed by atoms with E-state index in [9.17, 15) is 4.79 Å². The third-order valence-electron chi connectivity index (χ3n) is 7.65. The van der Waals surface area contributed by atoms with Crippen LogP contribution in [-0.2, 0) is 4.74 Å². The van der Waals surface area contributed by atoms with Crippen molar-refractivity contribution in [3.8, 4) is 11.3 Å². The maximum absolute atomic E-state index is 15.3. The molecule has 4 fully saturated rings. The molecule has 0 spiro atoms. The molecule has 11 nitrogen and oxygen atoms in total. The molecule has 0 radical (unpaired) electrons. The molecule has 4 heterocycles. The van der Waals surface area contributed by atoms with Crippen LogP contribution in [0.15, 0.2) is 43.2 Å². The summed E-state index contributed by atoms with van der Waals surface area (Å²) in [6, 6.07) is 3.61. The Morgan fingerprint density at radius 2 is 2.03 bits per heavy atom. The molecule has 8 rings (SSSR count). The summed E-state index contributed by atoms with van der Waals surface area (Å²) in [4.78, 5) is 29.5. The van der Waals surface area contributed by atoms with Gasteiger partial charge in [0.1, 0.15) is 24.3 Å². The Morgan fingerprint density at radius 3 is 2.81 bits per heavy atom. The summed E-state index contributed by atoms with van der Waals surface area (Å²) in [5, 5.41) is 13.4. The van der Waals surface area contributed by atoms with E-state index in [0.717, 1.165) is 30.7 Å². The number of amides is 1. The van der Waals surface area contributed by atoms with Gasteiger partial charge in [0.25, 0.3) is 0 Å². The Kier molecular flexibility index (Phi) is 4.70. The number of carbonyl (C=O) groups excluding carboxylic acids is 1. The van der Waals surface area contributed by atoms with E-state index >= 15 is 4.39 Å². The zero-order valence-corrected chi connectivity index (χ0v) is 19.3. The number of rotatable bonds is 6. The fraction of sp³-hybridized carbons (Fsp3) is 0.417. The number of fused-ring (bicyclic) bond motifs is 1. The van der Waals surface area contributed by atoms with Crippen LogP contribution < -0.4 is 10.6 Å². The number of ether oxygens (including phenoxy) is 1. The third kappa shape index (κ3) is 3.55. The summed E-state index contributed by atoms with van der Waals surface area (Å²) in [5.74, 6) is 1.30. The molecule has 3 atom stereocenters. The lowest BCUT2D eigenvalue weighted by atomic mass is 9.50. The van der Waals surface area contributed by atoms with Crippen molar-refractivity contribution in [1.29, 1.82) is 0 Å². The van der Waals surface area contributed by atoms with Gasteiger partial charge in [-0.05, 0) is 38.0 Å². The lowest BCUT2D eigenvalue weighted by molar-refractivity contribution is -0.0532. The smallest absolute Gasteiger partial charge is 0.407 e. The minimum Gasteiger partial charge on any atom is -0.443 e. The van der Waals surface area contributed by atoms with Crippen LogP contribution in [0.1, 0.15) is 43.7 Å². The van der Waals surface area contributed by atoms with Crippen molar-refractivity contribution in [3.05, 3.63) is 48.9 Å². The molecule has 0 aromatic carbocycles. The minimum atomic E-state index is -1.31. The van der Waals surface area contributed by atoms with Gasteiger partial charge in [-0.25, -0.2) is 29.1 Å². The maximum atomic E-state index is 15.3. The fourth-order valence-corrected chi connectivity index (χ4v) is 5.68. The number of nitrogens with one attached hydrogen (secondary N) is 3. The Labute approximate surface area is 204 Å². The summed E-state index contributed by atoms with van der Waals surface area (Å²) in [5.41, 5.74) is 2.66. The highest BCUT2D eigenvalue weighted by Gasteiger charge is 2.58. The zero-order valence-electron chi connectivity index (χ0n) is 19.3. The molecule has 4 aromatic rings. The predicted molar refractivity (Wildman–Crippen MR) is 126 cm³/mol. The second-order valence-electron chi connectivity index (χ2n) is 10.0. The molecule has 4 saturated carbocycles. The van der Waals surface area contributed by atoms with Crippen LogP contribution >= 0.6 is 0 Å². The van der Waals surface area contributed by atoms with E-state index < -0.39 is 24.3 Å². The first-order valence-corrected chi connectivity index (χ1v) is 12.1. The Bertz CT molecular complexity index is 1420. The highest BCUT2D eigenvalue weighted by molar-refractivity contribution is 5.69. The molecular weight excluding hydrogens is 465 g/mol. The largest absolute Gasteiger partial charge is 0.443 e. The van der Waals surface area contributed by atoms with Crippen LogP contribution in [0.25, 0.3) is 16.9 Å². The highest BCUT2D eigenvalue weighted by Crippen LogP contribution is 2.57. The molecule has 0 aliphatic heterocycles. The number of aromatic amines is 1. The lowest BCUT2D eigenvalue weighted by Crippen LogP contribution is -2.68. The molecule has 36 heavy (non-hydrogen) atoms. The van der Waals surface area contributed by atoms with Crippen molar-refractivity contribution in [3.63, 3.8) is 0 Å². The lowest BCUT2D eigenvalue weighted by Gasteiger charge is -2.61. The standard InChI is InChI=1S/C24H24FN9O2/c25-21-15(1-2-18(21)36-23(35)31-24-7-13(8-24)9-24)17-5-19(33-32-17)30-22-29-16(14-10-26-12-27-11-14)6-20-28-3-4-34(20)22/h3-6,10-13,15,18,21H,1-2,7-9H2,(H,31,35)(H2,29,30,32,33)/t13?,15-,18-,21-,24?/m0/s1. The maximum Gasteiger partial charge on any atom is 0.407 e. The number of alkyl halides is 1. The number of aromatic nitrogens is 7. The van der Waals surface area contributed by atoms with E-state index in [0.29, 0.717) is 41.6 Å². The van der Waals surface area contributed by atoms with E-state index in [1.807, 2.05) is 6.07 Å². The van der Waals surface area contributed by atoms with Gasteiger partial charge in [-0.3, -0.25) is 9.50 Å². The molecule has 3 N–H and O–H groups in total. The van der Waals surface area contributed by atoms with Gasteiger partial charge in [0, 0.05) is 59.6 Å². The minimum absolute atomic E-state index is 0.0883. The quantitative estimate of drug-likeness (QED) is 0.374. The van der Waals surface area contributed by atoms with Crippen molar-refractivity contribution >= 4 is 23.5 Å². The summed E-state index contributed by atoms with van der Waals surface area (Å²) < 4.78 is 22.5. The van der Waals surface area contributed by atoms with Gasteiger partial charge in [-0.2, -0.15) is 5.10 Å². The van der Waals surface area contributed by atoms with Gasteiger partial charge in [0.05, 0.1) is 5.69 Å². The summed E-state index contributed by atoms with van der Waals surface area (Å²) >= 11 is 0. The molecular formula is C24H24FN9O2. The van der Waals surface area contributed by atoms with Crippen LogP contribution in [-0.4, -0.2) is 58.4 Å². The summed E-state index contributed by atoms with van der Waals surface area (Å²) in [6.45, 7) is 0. The van der Waals surface area contributed by atoms with E-state index in [-0.39, 0.29) is 5.54 Å². The first-order chi connectivity index (χ1) is 17.6. The van der Waals surface area contributed by atoms with Crippen LogP contribution in [0.5, 0.6) is 0 Å². The molecule has 4 aliphatic carbocycles. The predicted octanol–water partition coefficient (Wildman–Crippen LogP) is 3.52. The van der Waals surface area contributed by atoms with Gasteiger partial charge < -0.3 is 15.4 Å². The second kappa shape index (κ2) is 7.97. The molecule has 4 aliphatic rings. The number of hydrogen-bond acceptors (Lipinski definition) is 8. The third-order valence-corrected chi connectivity index (χ3v) is 7.65. The van der Waals surface area contributed by atoms with E-state index in [4.69, 9.17) is 4.74 Å². The van der Waals surface area contributed by atoms with Crippen molar-refractivity contribution in [2.24, 2.45) is 5.92 Å². The molecule has 0 saturated heterocycles. The average molecular weight is 490 g/mol. The van der Waals surface area contributed by atoms with Gasteiger partial charge in [-0.1, -0.05) is 0 Å². The Hall–Kier alpha value is -4.09. The number of halogens is 1. The molecule has 2 bridgehead atoms. The van der Waals surface area contributed by atoms with Crippen molar-refractivity contribution in [2.45, 2.75) is 55.8 Å². The molecule has 0 unspecified atom stereocenters. The fourth-order valence-electron chi connectivity index (χ4n) is 5.68. The first-order valence-electron chi connectivity index (χ1n) is 12.1. The SMILES string of the molecule is O=C(NC12CC(C1)C2)O[C@H]1CC[C@@H](c2cc(Nc3nc(-c4cncnc4)cc4nccn34)n[nH]2)[C@@H]1F. The van der Waals surface area contributed by atoms with Crippen LogP contribution in [0, 0.1) is 5.92 Å². The molecule has 1 amide bonds. The number of imidazole rings is 1. The van der Waals surface area contributed by atoms with Crippen molar-refractivity contribution < 1.29 is 13.9 Å². The Balaban J connectivity index is 1.06. The zero-order chi connectivity index (χ0) is 24.3. The number of H-pyrrole nitrogens is 1. The summed E-state index contributed by atoms with van der Waals surface area (Å²) in [7, 11) is 0. The van der Waals surface area contributed by atoms with Crippen molar-refractivity contribution in [2.75, 3.05) is 5.32 Å². The van der Waals surface area contributed by atoms with E-state index in [2.05, 4.69) is 40.8 Å². The highest BCUT2D eigenvalue weighted by atomic mass is 19.1.